The number of aliphatic hydroxyl groups is 2. The van der Waals surface area contributed by atoms with Crippen molar-refractivity contribution in [2.24, 2.45) is 0 Å². The lowest BCUT2D eigenvalue weighted by Gasteiger charge is -2.47. The maximum Gasteiger partial charge on any atom is 0.184 e. The standard InChI is InChI=1S/C21H24O6/c22-18-17(24-12-15-7-3-1-4-8-15)11-21(27-19(18)23)13-25-20(26-14-21)16-9-5-2-6-10-16/h1-10,17-20,22-23H,11-14H2/t17?,18?,19-,20?,21?/m1/s1. The second-order valence-electron chi connectivity index (χ2n) is 7.09. The molecule has 1 spiro atoms. The van der Waals surface area contributed by atoms with Gasteiger partial charge >= 0.3 is 0 Å². The van der Waals surface area contributed by atoms with E-state index in [4.69, 9.17) is 18.9 Å². The molecular formula is C21H24O6. The van der Waals surface area contributed by atoms with Gasteiger partial charge in [-0.15, -0.1) is 0 Å². The summed E-state index contributed by atoms with van der Waals surface area (Å²) in [4.78, 5) is 0. The summed E-state index contributed by atoms with van der Waals surface area (Å²) < 4.78 is 23.3. The molecule has 6 heteroatoms. The number of benzene rings is 2. The number of hydrogen-bond donors (Lipinski definition) is 2. The van der Waals surface area contributed by atoms with Gasteiger partial charge in [0.15, 0.2) is 12.6 Å². The third kappa shape index (κ3) is 4.21. The molecule has 0 radical (unpaired) electrons. The highest BCUT2D eigenvalue weighted by Crippen LogP contribution is 2.37. The van der Waals surface area contributed by atoms with Crippen LogP contribution in [-0.2, 0) is 25.6 Å². The van der Waals surface area contributed by atoms with Crippen molar-refractivity contribution in [2.45, 2.75) is 43.4 Å². The summed E-state index contributed by atoms with van der Waals surface area (Å²) in [6.07, 6.45) is -3.13. The van der Waals surface area contributed by atoms with Crippen LogP contribution in [-0.4, -0.2) is 47.5 Å². The Morgan fingerprint density at radius 3 is 2.22 bits per heavy atom. The van der Waals surface area contributed by atoms with Gasteiger partial charge in [-0.2, -0.15) is 0 Å². The van der Waals surface area contributed by atoms with Crippen molar-refractivity contribution in [2.75, 3.05) is 13.2 Å². The van der Waals surface area contributed by atoms with Gasteiger partial charge in [0.1, 0.15) is 11.7 Å². The Hall–Kier alpha value is -1.80. The first-order chi connectivity index (χ1) is 13.2. The van der Waals surface area contributed by atoms with E-state index >= 15 is 0 Å². The Balaban J connectivity index is 1.40. The quantitative estimate of drug-likeness (QED) is 0.857. The van der Waals surface area contributed by atoms with E-state index in [1.807, 2.05) is 60.7 Å². The van der Waals surface area contributed by atoms with E-state index in [1.54, 1.807) is 0 Å². The maximum absolute atomic E-state index is 10.3. The van der Waals surface area contributed by atoms with E-state index in [9.17, 15) is 10.2 Å². The second-order valence-corrected chi connectivity index (χ2v) is 7.09. The molecule has 27 heavy (non-hydrogen) atoms. The third-order valence-corrected chi connectivity index (χ3v) is 4.99. The van der Waals surface area contributed by atoms with Crippen molar-refractivity contribution in [1.29, 1.82) is 0 Å². The Morgan fingerprint density at radius 2 is 1.56 bits per heavy atom. The Morgan fingerprint density at radius 1 is 0.926 bits per heavy atom. The fourth-order valence-electron chi connectivity index (χ4n) is 3.51. The average molecular weight is 372 g/mol. The van der Waals surface area contributed by atoms with Crippen molar-refractivity contribution in [3.8, 4) is 0 Å². The Bertz CT molecular complexity index is 714. The predicted molar refractivity (Wildman–Crippen MR) is 96.6 cm³/mol. The first-order valence-electron chi connectivity index (χ1n) is 9.13. The van der Waals surface area contributed by atoms with Gasteiger partial charge < -0.3 is 29.2 Å². The van der Waals surface area contributed by atoms with Gasteiger partial charge in [0.25, 0.3) is 0 Å². The molecule has 0 aliphatic carbocycles. The molecule has 4 rings (SSSR count). The summed E-state index contributed by atoms with van der Waals surface area (Å²) in [5, 5.41) is 20.5. The van der Waals surface area contributed by atoms with Crippen LogP contribution in [0.4, 0.5) is 0 Å². The molecule has 6 nitrogen and oxygen atoms in total. The summed E-state index contributed by atoms with van der Waals surface area (Å²) in [5.41, 5.74) is 1.09. The molecule has 2 aliphatic heterocycles. The highest BCUT2D eigenvalue weighted by molar-refractivity contribution is 5.16. The zero-order chi connectivity index (χ0) is 18.7. The van der Waals surface area contributed by atoms with Gasteiger partial charge in [0.05, 0.1) is 25.9 Å². The predicted octanol–water partition coefficient (Wildman–Crippen LogP) is 2.16. The number of ether oxygens (including phenoxy) is 4. The summed E-state index contributed by atoms with van der Waals surface area (Å²) >= 11 is 0. The number of rotatable bonds is 4. The van der Waals surface area contributed by atoms with Crippen LogP contribution in [0.5, 0.6) is 0 Å². The van der Waals surface area contributed by atoms with E-state index in [2.05, 4.69) is 0 Å². The molecule has 0 saturated carbocycles. The van der Waals surface area contributed by atoms with Crippen LogP contribution < -0.4 is 0 Å². The molecule has 0 amide bonds. The highest BCUT2D eigenvalue weighted by atomic mass is 16.7. The maximum atomic E-state index is 10.3. The van der Waals surface area contributed by atoms with Crippen molar-refractivity contribution < 1.29 is 29.2 Å². The van der Waals surface area contributed by atoms with Gasteiger partial charge in [-0.3, -0.25) is 0 Å². The van der Waals surface area contributed by atoms with Crippen LogP contribution >= 0.6 is 0 Å². The van der Waals surface area contributed by atoms with Gasteiger partial charge in [0, 0.05) is 12.0 Å². The molecule has 2 heterocycles. The molecule has 2 aromatic rings. The molecular weight excluding hydrogens is 348 g/mol. The monoisotopic (exact) mass is 372 g/mol. The molecule has 2 saturated heterocycles. The topological polar surface area (TPSA) is 77.4 Å². The summed E-state index contributed by atoms with van der Waals surface area (Å²) in [6, 6.07) is 19.4. The molecule has 0 bridgehead atoms. The van der Waals surface area contributed by atoms with Crippen LogP contribution in [0.1, 0.15) is 23.8 Å². The first-order valence-corrected chi connectivity index (χ1v) is 9.13. The lowest BCUT2D eigenvalue weighted by atomic mass is 9.90. The molecule has 3 atom stereocenters. The van der Waals surface area contributed by atoms with Gasteiger partial charge in [-0.05, 0) is 5.56 Å². The van der Waals surface area contributed by atoms with E-state index in [0.29, 0.717) is 13.0 Å². The normalized spacial score (nSPS) is 33.9. The van der Waals surface area contributed by atoms with Gasteiger partial charge in [0.2, 0.25) is 0 Å². The van der Waals surface area contributed by atoms with Crippen molar-refractivity contribution in [3.05, 3.63) is 71.8 Å². The van der Waals surface area contributed by atoms with Gasteiger partial charge in [-0.25, -0.2) is 0 Å². The first kappa shape index (κ1) is 18.6. The minimum Gasteiger partial charge on any atom is -0.385 e. The van der Waals surface area contributed by atoms with Crippen molar-refractivity contribution >= 4 is 0 Å². The largest absolute Gasteiger partial charge is 0.385 e. The van der Waals surface area contributed by atoms with Crippen LogP contribution in [0.15, 0.2) is 60.7 Å². The minimum absolute atomic E-state index is 0.252. The van der Waals surface area contributed by atoms with E-state index in [1.165, 1.54) is 0 Å². The highest BCUT2D eigenvalue weighted by Gasteiger charge is 2.49. The minimum atomic E-state index is -1.35. The zero-order valence-corrected chi connectivity index (χ0v) is 14.9. The Labute approximate surface area is 158 Å². The summed E-state index contributed by atoms with van der Waals surface area (Å²) in [6.45, 7) is 0.850. The van der Waals surface area contributed by atoms with Crippen LogP contribution in [0, 0.1) is 0 Å². The summed E-state index contributed by atoms with van der Waals surface area (Å²) in [5.74, 6) is 0. The molecule has 2 fully saturated rings. The lowest BCUT2D eigenvalue weighted by molar-refractivity contribution is -0.349. The third-order valence-electron chi connectivity index (χ3n) is 4.99. The molecule has 2 unspecified atom stereocenters. The van der Waals surface area contributed by atoms with Crippen LogP contribution in [0.25, 0.3) is 0 Å². The van der Waals surface area contributed by atoms with Crippen molar-refractivity contribution in [1.82, 2.24) is 0 Å². The Kier molecular flexibility index (Phi) is 5.54. The van der Waals surface area contributed by atoms with E-state index in [0.717, 1.165) is 11.1 Å². The second kappa shape index (κ2) is 8.06. The SMILES string of the molecule is OC1C(OCc2ccccc2)CC2(COC(c3ccccc3)OC2)O[C@H]1O. The van der Waals surface area contributed by atoms with Gasteiger partial charge in [-0.1, -0.05) is 60.7 Å². The molecule has 2 aliphatic rings. The van der Waals surface area contributed by atoms with Crippen LogP contribution in [0.3, 0.4) is 0 Å². The van der Waals surface area contributed by atoms with Crippen LogP contribution in [0.2, 0.25) is 0 Å². The molecule has 0 aromatic heterocycles. The number of hydrogen-bond acceptors (Lipinski definition) is 6. The lowest BCUT2D eigenvalue weighted by Crippen LogP contribution is -2.60. The zero-order valence-electron chi connectivity index (χ0n) is 14.9. The van der Waals surface area contributed by atoms with Crippen molar-refractivity contribution in [3.63, 3.8) is 0 Å². The smallest absolute Gasteiger partial charge is 0.184 e. The fourth-order valence-corrected chi connectivity index (χ4v) is 3.51. The molecule has 2 aromatic carbocycles. The van der Waals surface area contributed by atoms with E-state index in [-0.39, 0.29) is 13.2 Å². The fraction of sp³-hybridized carbons (Fsp3) is 0.429. The molecule has 144 valence electrons. The summed E-state index contributed by atoms with van der Waals surface area (Å²) in [7, 11) is 0. The average Bonchev–Trinajstić information content (AvgIpc) is 2.72. The van der Waals surface area contributed by atoms with E-state index < -0.39 is 30.4 Å². The number of aliphatic hydroxyl groups excluding tert-OH is 2. The molecule has 2 N–H and O–H groups in total.